The van der Waals surface area contributed by atoms with E-state index in [1.54, 1.807) is 0 Å². The van der Waals surface area contributed by atoms with Gasteiger partial charge in [-0.15, -0.1) is 0 Å². The maximum absolute atomic E-state index is 10.7. The van der Waals surface area contributed by atoms with E-state index in [4.69, 9.17) is 0 Å². The van der Waals surface area contributed by atoms with Crippen LogP contribution in [0.4, 0.5) is 5.69 Å². The molecule has 0 saturated carbocycles. The van der Waals surface area contributed by atoms with E-state index >= 15 is 0 Å². The van der Waals surface area contributed by atoms with E-state index in [-0.39, 0.29) is 0 Å². The van der Waals surface area contributed by atoms with Crippen LogP contribution in [0.15, 0.2) is 66.7 Å². The van der Waals surface area contributed by atoms with Crippen molar-refractivity contribution in [2.24, 2.45) is 0 Å². The van der Waals surface area contributed by atoms with Gasteiger partial charge in [-0.05, 0) is 55.3 Å². The third kappa shape index (κ3) is 3.56. The Hall–Kier alpha value is -2.78. The van der Waals surface area contributed by atoms with Crippen molar-refractivity contribution >= 4 is 27.5 Å². The lowest BCUT2D eigenvalue weighted by molar-refractivity contribution is 0.169. The molecule has 3 aromatic carbocycles. The second-order valence-corrected chi connectivity index (χ2v) is 7.24. The smallest absolute Gasteiger partial charge is 0.0891 e. The number of fused-ring (bicyclic) bond motifs is 3. The fourth-order valence-electron chi connectivity index (χ4n) is 3.75. The lowest BCUT2D eigenvalue weighted by atomic mass is 10.1. The maximum atomic E-state index is 10.7. The lowest BCUT2D eigenvalue weighted by Crippen LogP contribution is -2.24. The number of hydrogen-bond donors (Lipinski definition) is 2. The van der Waals surface area contributed by atoms with Crippen LogP contribution >= 0.6 is 0 Å². The molecule has 0 radical (unpaired) electrons. The maximum Gasteiger partial charge on any atom is 0.0891 e. The summed E-state index contributed by atoms with van der Waals surface area (Å²) < 4.78 is 2.25. The number of aryl methyl sites for hydroxylation is 2. The Morgan fingerprint density at radius 2 is 1.63 bits per heavy atom. The Morgan fingerprint density at radius 1 is 0.926 bits per heavy atom. The lowest BCUT2D eigenvalue weighted by Gasteiger charge is -2.15. The van der Waals surface area contributed by atoms with Gasteiger partial charge in [0.2, 0.25) is 0 Å². The van der Waals surface area contributed by atoms with Crippen LogP contribution in [0.5, 0.6) is 0 Å². The zero-order valence-electron chi connectivity index (χ0n) is 15.9. The highest BCUT2D eigenvalue weighted by molar-refractivity contribution is 6.08. The third-order valence-electron chi connectivity index (χ3n) is 5.20. The molecule has 4 aromatic rings. The highest BCUT2D eigenvalue weighted by Crippen LogP contribution is 2.31. The van der Waals surface area contributed by atoms with Gasteiger partial charge in [-0.3, -0.25) is 0 Å². The van der Waals surface area contributed by atoms with Gasteiger partial charge in [-0.2, -0.15) is 0 Å². The summed E-state index contributed by atoms with van der Waals surface area (Å²) in [4.78, 5) is 0. The van der Waals surface area contributed by atoms with E-state index in [2.05, 4.69) is 60.1 Å². The molecule has 1 atom stereocenters. The summed E-state index contributed by atoms with van der Waals surface area (Å²) in [6.45, 7) is 5.40. The molecule has 2 N–H and O–H groups in total. The molecule has 138 valence electrons. The zero-order chi connectivity index (χ0) is 18.8. The summed E-state index contributed by atoms with van der Waals surface area (Å²) in [5, 5.41) is 16.5. The van der Waals surface area contributed by atoms with Crippen LogP contribution in [0.25, 0.3) is 21.8 Å². The second-order valence-electron chi connectivity index (χ2n) is 7.24. The van der Waals surface area contributed by atoms with Gasteiger partial charge in [0.15, 0.2) is 0 Å². The summed E-state index contributed by atoms with van der Waals surface area (Å²) in [6.07, 6.45) is 0.550. The molecule has 0 amide bonds. The molecule has 0 fully saturated rings. The van der Waals surface area contributed by atoms with Crippen molar-refractivity contribution < 1.29 is 5.11 Å². The van der Waals surface area contributed by atoms with E-state index in [1.165, 1.54) is 32.9 Å². The minimum absolute atomic E-state index is 0.476. The number of nitrogens with one attached hydrogen (secondary N) is 1. The quantitative estimate of drug-likeness (QED) is 0.501. The normalized spacial score (nSPS) is 12.6. The monoisotopic (exact) mass is 358 g/mol. The van der Waals surface area contributed by atoms with Gasteiger partial charge >= 0.3 is 0 Å². The van der Waals surface area contributed by atoms with Crippen LogP contribution < -0.4 is 5.32 Å². The van der Waals surface area contributed by atoms with Crippen molar-refractivity contribution in [2.45, 2.75) is 32.9 Å². The van der Waals surface area contributed by atoms with Crippen LogP contribution in [0, 0.1) is 6.92 Å². The van der Waals surface area contributed by atoms with Crippen molar-refractivity contribution in [1.29, 1.82) is 0 Å². The van der Waals surface area contributed by atoms with Gasteiger partial charge in [-0.1, -0.05) is 42.8 Å². The number of aliphatic hydroxyl groups excluding tert-OH is 1. The predicted octanol–water partition coefficient (Wildman–Crippen LogP) is 5.14. The number of benzene rings is 3. The first kappa shape index (κ1) is 17.6. The van der Waals surface area contributed by atoms with Crippen molar-refractivity contribution in [3.63, 3.8) is 0 Å². The van der Waals surface area contributed by atoms with Crippen molar-refractivity contribution in [2.75, 3.05) is 11.9 Å². The Balaban J connectivity index is 1.67. The highest BCUT2D eigenvalue weighted by atomic mass is 16.3. The Labute approximate surface area is 160 Å². The van der Waals surface area contributed by atoms with Gasteiger partial charge in [0, 0.05) is 34.0 Å². The van der Waals surface area contributed by atoms with E-state index in [0.29, 0.717) is 13.1 Å². The van der Waals surface area contributed by atoms with Gasteiger partial charge < -0.3 is 15.0 Å². The standard InChI is InChI=1S/C24H26N2O/c1-3-18-10-12-24-22(14-18)21-13-17(2)9-11-23(21)26(24)16-20(27)15-25-19-7-5-4-6-8-19/h4-14,20,25,27H,3,15-16H2,1-2H3. The third-order valence-corrected chi connectivity index (χ3v) is 5.20. The van der Waals surface area contributed by atoms with Crippen LogP contribution in [0.1, 0.15) is 18.1 Å². The molecule has 0 saturated heterocycles. The number of aromatic nitrogens is 1. The predicted molar refractivity (Wildman–Crippen MR) is 114 cm³/mol. The van der Waals surface area contributed by atoms with E-state index in [0.717, 1.165) is 12.1 Å². The summed E-state index contributed by atoms with van der Waals surface area (Å²) in [5.74, 6) is 0. The van der Waals surface area contributed by atoms with Gasteiger partial charge in [0.1, 0.15) is 0 Å². The second kappa shape index (κ2) is 7.45. The number of rotatable bonds is 6. The van der Waals surface area contributed by atoms with Crippen LogP contribution in [-0.4, -0.2) is 22.3 Å². The largest absolute Gasteiger partial charge is 0.389 e. The number of nitrogens with zero attached hydrogens (tertiary/aromatic N) is 1. The van der Waals surface area contributed by atoms with Gasteiger partial charge in [-0.25, -0.2) is 0 Å². The SMILES string of the molecule is CCc1ccc2c(c1)c1cc(C)ccc1n2CC(O)CNc1ccccc1. The van der Waals surface area contributed by atoms with E-state index < -0.39 is 6.10 Å². The molecule has 0 aliphatic heterocycles. The molecule has 3 nitrogen and oxygen atoms in total. The Morgan fingerprint density at radius 3 is 2.37 bits per heavy atom. The molecular formula is C24H26N2O. The van der Waals surface area contributed by atoms with Crippen LogP contribution in [0.3, 0.4) is 0 Å². The fraction of sp³-hybridized carbons (Fsp3) is 0.250. The zero-order valence-corrected chi connectivity index (χ0v) is 15.9. The number of hydrogen-bond acceptors (Lipinski definition) is 2. The molecule has 1 heterocycles. The molecular weight excluding hydrogens is 332 g/mol. The molecule has 0 spiro atoms. The van der Waals surface area contributed by atoms with Crippen LogP contribution in [0.2, 0.25) is 0 Å². The highest BCUT2D eigenvalue weighted by Gasteiger charge is 2.14. The molecule has 1 unspecified atom stereocenters. The minimum atomic E-state index is -0.476. The van der Waals surface area contributed by atoms with Gasteiger partial charge in [0.25, 0.3) is 0 Å². The summed E-state index contributed by atoms with van der Waals surface area (Å²) in [5.41, 5.74) is 6.00. The van der Waals surface area contributed by atoms with Crippen LogP contribution in [-0.2, 0) is 13.0 Å². The molecule has 0 bridgehead atoms. The first-order valence-corrected chi connectivity index (χ1v) is 9.64. The number of para-hydroxylation sites is 1. The van der Waals surface area contributed by atoms with Crippen molar-refractivity contribution in [3.8, 4) is 0 Å². The summed E-state index contributed by atoms with van der Waals surface area (Å²) in [6, 6.07) is 23.3. The Kier molecular flexibility index (Phi) is 4.87. The fourth-order valence-corrected chi connectivity index (χ4v) is 3.75. The summed E-state index contributed by atoms with van der Waals surface area (Å²) in [7, 11) is 0. The topological polar surface area (TPSA) is 37.2 Å². The van der Waals surface area contributed by atoms with E-state index in [1.807, 2.05) is 30.3 Å². The van der Waals surface area contributed by atoms with E-state index in [9.17, 15) is 5.11 Å². The average molecular weight is 358 g/mol. The number of anilines is 1. The van der Waals surface area contributed by atoms with Gasteiger partial charge in [0.05, 0.1) is 12.6 Å². The van der Waals surface area contributed by atoms with Crippen molar-refractivity contribution in [1.82, 2.24) is 4.57 Å². The van der Waals surface area contributed by atoms with Crippen molar-refractivity contribution in [3.05, 3.63) is 77.9 Å². The molecule has 0 aliphatic rings. The molecule has 0 aliphatic carbocycles. The average Bonchev–Trinajstić information content (AvgIpc) is 2.99. The minimum Gasteiger partial charge on any atom is -0.389 e. The first-order valence-electron chi connectivity index (χ1n) is 9.64. The molecule has 1 aromatic heterocycles. The Bertz CT molecular complexity index is 1070. The first-order chi connectivity index (χ1) is 13.2. The number of aliphatic hydroxyl groups is 1. The molecule has 4 rings (SSSR count). The summed E-state index contributed by atoms with van der Waals surface area (Å²) >= 11 is 0. The molecule has 27 heavy (non-hydrogen) atoms. The molecule has 3 heteroatoms.